The molecule has 0 aliphatic carbocycles. The maximum Gasteiger partial charge on any atom is 0.315 e. The molecule has 2 heterocycles. The van der Waals surface area contributed by atoms with Gasteiger partial charge in [-0.3, -0.25) is 0 Å². The van der Waals surface area contributed by atoms with E-state index < -0.39 is 0 Å². The van der Waals surface area contributed by atoms with Crippen molar-refractivity contribution < 1.29 is 19.0 Å². The summed E-state index contributed by atoms with van der Waals surface area (Å²) in [6, 6.07) is 9.49. The van der Waals surface area contributed by atoms with E-state index in [0.29, 0.717) is 26.3 Å². The minimum Gasteiger partial charge on any atom is -0.496 e. The maximum atomic E-state index is 12.3. The molecule has 0 fully saturated rings. The van der Waals surface area contributed by atoms with Crippen LogP contribution in [-0.4, -0.2) is 26.4 Å². The molecule has 0 aromatic heterocycles. The van der Waals surface area contributed by atoms with Gasteiger partial charge in [-0.25, -0.2) is 4.79 Å². The summed E-state index contributed by atoms with van der Waals surface area (Å²) in [7, 11) is 1.62. The molecule has 0 bridgehead atoms. The number of carbonyl (C=O) groups excluding carboxylic acids is 1. The van der Waals surface area contributed by atoms with Crippen LogP contribution in [-0.2, 0) is 25.9 Å². The molecule has 0 spiro atoms. The van der Waals surface area contributed by atoms with Crippen molar-refractivity contribution in [2.24, 2.45) is 0 Å². The Bertz CT molecular complexity index is 803. The highest BCUT2D eigenvalue weighted by Gasteiger charge is 2.26. The number of carbonyl (C=O) groups is 1. The van der Waals surface area contributed by atoms with E-state index in [1.807, 2.05) is 24.3 Å². The highest BCUT2D eigenvalue weighted by molar-refractivity contribution is 5.74. The van der Waals surface area contributed by atoms with Crippen LogP contribution in [0.5, 0.6) is 17.2 Å². The van der Waals surface area contributed by atoms with E-state index in [2.05, 4.69) is 16.7 Å². The molecule has 0 saturated heterocycles. The third-order valence-electron chi connectivity index (χ3n) is 4.82. The Morgan fingerprint density at radius 1 is 1.12 bits per heavy atom. The number of methoxy groups -OCH3 is 1. The number of nitrogens with one attached hydrogen (secondary N) is 2. The Balaban J connectivity index is 1.41. The van der Waals surface area contributed by atoms with Crippen LogP contribution in [0, 0.1) is 0 Å². The fourth-order valence-corrected chi connectivity index (χ4v) is 3.53. The van der Waals surface area contributed by atoms with E-state index >= 15 is 0 Å². The average Bonchev–Trinajstić information content (AvgIpc) is 3.32. The minimum absolute atomic E-state index is 0.223. The summed E-state index contributed by atoms with van der Waals surface area (Å²) in [5.74, 6) is 2.61. The first-order valence-electron chi connectivity index (χ1n) is 8.83. The van der Waals surface area contributed by atoms with Crippen molar-refractivity contribution in [3.05, 3.63) is 52.6 Å². The van der Waals surface area contributed by atoms with E-state index in [1.165, 1.54) is 0 Å². The molecule has 6 nitrogen and oxygen atoms in total. The first-order valence-corrected chi connectivity index (χ1v) is 8.83. The summed E-state index contributed by atoms with van der Waals surface area (Å²) >= 11 is 0. The zero-order chi connectivity index (χ0) is 17.9. The molecule has 2 aliphatic rings. The standard InChI is InChI=1S/C20H22N2O4/c1-24-17-5-3-2-4-14(17)11-21-20(23)22-12-16-15-7-9-25-18(15)10-13-6-8-26-19(13)16/h2-5,10H,6-9,11-12H2,1H3,(H2,21,22,23). The van der Waals surface area contributed by atoms with Gasteiger partial charge in [0.25, 0.3) is 0 Å². The van der Waals surface area contributed by atoms with Crippen LogP contribution >= 0.6 is 0 Å². The number of para-hydroxylation sites is 1. The normalized spacial score (nSPS) is 14.0. The summed E-state index contributed by atoms with van der Waals surface area (Å²) in [4.78, 5) is 12.3. The topological polar surface area (TPSA) is 68.8 Å². The highest BCUT2D eigenvalue weighted by Crippen LogP contribution is 2.40. The largest absolute Gasteiger partial charge is 0.496 e. The third kappa shape index (κ3) is 3.14. The number of benzene rings is 2. The van der Waals surface area contributed by atoms with Crippen LogP contribution < -0.4 is 24.8 Å². The van der Waals surface area contributed by atoms with Gasteiger partial charge in [0, 0.05) is 48.2 Å². The van der Waals surface area contributed by atoms with Gasteiger partial charge < -0.3 is 24.8 Å². The van der Waals surface area contributed by atoms with Gasteiger partial charge in [-0.2, -0.15) is 0 Å². The Hall–Kier alpha value is -2.89. The van der Waals surface area contributed by atoms with Gasteiger partial charge in [-0.1, -0.05) is 18.2 Å². The zero-order valence-corrected chi connectivity index (χ0v) is 14.8. The van der Waals surface area contributed by atoms with Crippen LogP contribution in [0.3, 0.4) is 0 Å². The molecule has 26 heavy (non-hydrogen) atoms. The molecule has 0 radical (unpaired) electrons. The lowest BCUT2D eigenvalue weighted by atomic mass is 9.99. The van der Waals surface area contributed by atoms with Crippen molar-refractivity contribution in [1.29, 1.82) is 0 Å². The van der Waals surface area contributed by atoms with Gasteiger partial charge in [0.2, 0.25) is 0 Å². The van der Waals surface area contributed by atoms with E-state index in [1.54, 1.807) is 7.11 Å². The number of ether oxygens (including phenoxy) is 3. The van der Waals surface area contributed by atoms with Gasteiger partial charge in [0.15, 0.2) is 0 Å². The Kier molecular flexibility index (Phi) is 4.56. The lowest BCUT2D eigenvalue weighted by Gasteiger charge is -2.14. The molecule has 0 unspecified atom stereocenters. The number of rotatable bonds is 5. The fraction of sp³-hybridized carbons (Fsp3) is 0.350. The number of fused-ring (bicyclic) bond motifs is 2. The number of amides is 2. The van der Waals surface area contributed by atoms with Crippen LogP contribution in [0.4, 0.5) is 4.79 Å². The van der Waals surface area contributed by atoms with E-state index in [9.17, 15) is 4.79 Å². The highest BCUT2D eigenvalue weighted by atomic mass is 16.5. The van der Waals surface area contributed by atoms with Crippen molar-refractivity contribution in [2.45, 2.75) is 25.9 Å². The summed E-state index contributed by atoms with van der Waals surface area (Å²) in [6.45, 7) is 2.20. The van der Waals surface area contributed by atoms with Crippen molar-refractivity contribution in [3.8, 4) is 17.2 Å². The maximum absolute atomic E-state index is 12.3. The second-order valence-electron chi connectivity index (χ2n) is 6.37. The van der Waals surface area contributed by atoms with Crippen molar-refractivity contribution in [3.63, 3.8) is 0 Å². The summed E-state index contributed by atoms with van der Waals surface area (Å²) in [6.07, 6.45) is 1.74. The quantitative estimate of drug-likeness (QED) is 0.866. The summed E-state index contributed by atoms with van der Waals surface area (Å²) in [5, 5.41) is 5.82. The number of hydrogen-bond acceptors (Lipinski definition) is 4. The van der Waals surface area contributed by atoms with Crippen LogP contribution in [0.15, 0.2) is 30.3 Å². The lowest BCUT2D eigenvalue weighted by molar-refractivity contribution is 0.240. The Morgan fingerprint density at radius 2 is 1.92 bits per heavy atom. The minimum atomic E-state index is -0.223. The first kappa shape index (κ1) is 16.6. The lowest BCUT2D eigenvalue weighted by Crippen LogP contribution is -2.34. The molecule has 2 aliphatic heterocycles. The summed E-state index contributed by atoms with van der Waals surface area (Å²) < 4.78 is 16.8. The SMILES string of the molecule is COc1ccccc1CNC(=O)NCc1c2c(cc3c1OCC3)OCC2. The van der Waals surface area contributed by atoms with Crippen molar-refractivity contribution in [1.82, 2.24) is 10.6 Å². The van der Waals surface area contributed by atoms with Crippen LogP contribution in [0.25, 0.3) is 0 Å². The molecule has 136 valence electrons. The molecular weight excluding hydrogens is 332 g/mol. The molecule has 2 N–H and O–H groups in total. The molecular formula is C20H22N2O4. The van der Waals surface area contributed by atoms with Crippen LogP contribution in [0.1, 0.15) is 22.3 Å². The van der Waals surface area contributed by atoms with Crippen LogP contribution in [0.2, 0.25) is 0 Å². The zero-order valence-electron chi connectivity index (χ0n) is 14.8. The molecule has 4 rings (SSSR count). The number of urea groups is 1. The number of hydrogen-bond donors (Lipinski definition) is 2. The predicted octanol–water partition coefficient (Wildman–Crippen LogP) is 2.56. The van der Waals surface area contributed by atoms with Gasteiger partial charge in [-0.05, 0) is 12.1 Å². The monoisotopic (exact) mass is 354 g/mol. The van der Waals surface area contributed by atoms with Gasteiger partial charge >= 0.3 is 6.03 Å². The average molecular weight is 354 g/mol. The summed E-state index contributed by atoms with van der Waals surface area (Å²) in [5.41, 5.74) is 4.29. The Morgan fingerprint density at radius 3 is 2.81 bits per heavy atom. The molecule has 6 heteroatoms. The third-order valence-corrected chi connectivity index (χ3v) is 4.82. The smallest absolute Gasteiger partial charge is 0.315 e. The predicted molar refractivity (Wildman–Crippen MR) is 96.9 cm³/mol. The molecule has 2 aromatic rings. The van der Waals surface area contributed by atoms with Gasteiger partial charge in [0.05, 0.1) is 20.3 Å². The first-order chi connectivity index (χ1) is 12.8. The Labute approximate surface area is 152 Å². The van der Waals surface area contributed by atoms with E-state index in [4.69, 9.17) is 14.2 Å². The molecule has 2 aromatic carbocycles. The molecule has 0 atom stereocenters. The van der Waals surface area contributed by atoms with E-state index in [-0.39, 0.29) is 6.03 Å². The van der Waals surface area contributed by atoms with Crippen molar-refractivity contribution >= 4 is 6.03 Å². The fourth-order valence-electron chi connectivity index (χ4n) is 3.53. The molecule has 2 amide bonds. The van der Waals surface area contributed by atoms with Gasteiger partial charge in [-0.15, -0.1) is 0 Å². The molecule has 0 saturated carbocycles. The second-order valence-corrected chi connectivity index (χ2v) is 6.37. The van der Waals surface area contributed by atoms with Gasteiger partial charge in [0.1, 0.15) is 17.2 Å². The second kappa shape index (κ2) is 7.15. The van der Waals surface area contributed by atoms with Crippen molar-refractivity contribution in [2.75, 3.05) is 20.3 Å². The van der Waals surface area contributed by atoms with E-state index in [0.717, 1.165) is 52.3 Å².